The topological polar surface area (TPSA) is 91.6 Å². The van der Waals surface area contributed by atoms with Gasteiger partial charge in [0.2, 0.25) is 5.43 Å². The Labute approximate surface area is 186 Å². The molecular weight excluding hydrogens is 433 g/mol. The molecule has 32 heavy (non-hydrogen) atoms. The summed E-state index contributed by atoms with van der Waals surface area (Å²) < 4.78 is 15.4. The lowest BCUT2D eigenvalue weighted by molar-refractivity contribution is 0.0911. The van der Waals surface area contributed by atoms with Gasteiger partial charge in [-0.1, -0.05) is 24.3 Å². The lowest BCUT2D eigenvalue weighted by atomic mass is 9.94. The molecular formula is C23H18FN3O4S. The molecule has 162 valence electrons. The summed E-state index contributed by atoms with van der Waals surface area (Å²) in [6, 6.07) is 11.9. The zero-order valence-corrected chi connectivity index (χ0v) is 17.8. The molecule has 0 saturated carbocycles. The van der Waals surface area contributed by atoms with E-state index in [0.29, 0.717) is 5.75 Å². The van der Waals surface area contributed by atoms with Crippen molar-refractivity contribution in [3.8, 4) is 5.75 Å². The number of ketones is 1. The molecule has 0 aliphatic carbocycles. The van der Waals surface area contributed by atoms with Crippen LogP contribution in [0.4, 0.5) is 4.39 Å². The maximum absolute atomic E-state index is 14.1. The van der Waals surface area contributed by atoms with Gasteiger partial charge in [0.1, 0.15) is 12.5 Å². The average Bonchev–Trinajstić information content (AvgIpc) is 2.93. The highest BCUT2D eigenvalue weighted by Crippen LogP contribution is 2.42. The second-order valence-electron chi connectivity index (χ2n) is 7.65. The third-order valence-electron chi connectivity index (χ3n) is 5.73. The fraction of sp³-hybridized carbons (Fsp3) is 0.174. The maximum Gasteiger partial charge on any atom is 0.275 e. The van der Waals surface area contributed by atoms with E-state index in [1.807, 2.05) is 24.3 Å². The number of pyridine rings is 1. The maximum atomic E-state index is 14.1. The number of rotatable bonds is 2. The number of carbonyl (C=O) groups is 2. The van der Waals surface area contributed by atoms with E-state index in [1.165, 1.54) is 29.9 Å². The van der Waals surface area contributed by atoms with E-state index in [0.717, 1.165) is 21.6 Å². The van der Waals surface area contributed by atoms with Gasteiger partial charge < -0.3 is 10.4 Å². The number of hydrogen-bond acceptors (Lipinski definition) is 6. The molecule has 2 aliphatic heterocycles. The zero-order chi connectivity index (χ0) is 22.6. The lowest BCUT2D eigenvalue weighted by Gasteiger charge is -2.40. The molecule has 0 fully saturated rings. The van der Waals surface area contributed by atoms with Gasteiger partial charge in [-0.05, 0) is 41.8 Å². The van der Waals surface area contributed by atoms with Crippen LogP contribution in [-0.4, -0.2) is 28.1 Å². The minimum Gasteiger partial charge on any atom is -0.502 e. The number of aromatic hydroxyl groups is 1. The van der Waals surface area contributed by atoms with Crippen molar-refractivity contribution in [2.45, 2.75) is 23.6 Å². The first-order valence-electron chi connectivity index (χ1n) is 9.91. The van der Waals surface area contributed by atoms with Crippen LogP contribution in [0.3, 0.4) is 0 Å². The largest absolute Gasteiger partial charge is 0.502 e. The Balaban J connectivity index is 1.80. The number of carbonyl (C=O) groups excluding carboxylic acids is 2. The predicted molar refractivity (Wildman–Crippen MR) is 117 cm³/mol. The summed E-state index contributed by atoms with van der Waals surface area (Å²) in [6.45, 7) is 1.28. The van der Waals surface area contributed by atoms with Gasteiger partial charge >= 0.3 is 0 Å². The molecule has 0 spiro atoms. The van der Waals surface area contributed by atoms with Crippen molar-refractivity contribution in [1.29, 1.82) is 0 Å². The molecule has 9 heteroatoms. The van der Waals surface area contributed by atoms with Crippen molar-refractivity contribution in [1.82, 2.24) is 9.99 Å². The molecule has 2 aromatic carbocycles. The van der Waals surface area contributed by atoms with Gasteiger partial charge in [-0.2, -0.15) is 0 Å². The number of amides is 1. The summed E-state index contributed by atoms with van der Waals surface area (Å²) in [6.07, 6.45) is 1.29. The second kappa shape index (κ2) is 7.52. The van der Waals surface area contributed by atoms with Gasteiger partial charge in [-0.25, -0.2) is 4.39 Å². The molecule has 7 nitrogen and oxygen atoms in total. The van der Waals surface area contributed by atoms with Gasteiger partial charge in [0.05, 0.1) is 11.6 Å². The first-order valence-corrected chi connectivity index (χ1v) is 10.9. The van der Waals surface area contributed by atoms with Crippen molar-refractivity contribution < 1.29 is 19.1 Å². The molecule has 3 aromatic rings. The summed E-state index contributed by atoms with van der Waals surface area (Å²) >= 11 is 1.58. The number of aromatic nitrogens is 1. The van der Waals surface area contributed by atoms with Gasteiger partial charge in [0.15, 0.2) is 17.2 Å². The molecule has 1 atom stereocenters. The summed E-state index contributed by atoms with van der Waals surface area (Å²) in [5, 5.41) is 15.0. The van der Waals surface area contributed by atoms with Crippen LogP contribution in [0.15, 0.2) is 58.4 Å². The van der Waals surface area contributed by atoms with E-state index in [2.05, 4.69) is 5.32 Å². The van der Waals surface area contributed by atoms with E-state index >= 15 is 0 Å². The molecule has 5 rings (SSSR count). The Morgan fingerprint density at radius 3 is 2.75 bits per heavy atom. The number of Topliss-reactive ketones (excluding diaryl/α,β-unsaturated/α-hetero) is 1. The Kier molecular flexibility index (Phi) is 4.78. The standard InChI is InChI=1S/C23H18FN3O4S/c1-12(28)17-9-26-20(22(30)21(17)29)23(31)25-11-27(26)19-15-7-6-14(24)8-13(15)10-32-18-5-3-2-4-16(18)19/h2-9,19,30H,10-11H2,1H3,(H,25,31)/t19-/m0/s1. The zero-order valence-electron chi connectivity index (χ0n) is 17.0. The fourth-order valence-corrected chi connectivity index (χ4v) is 5.31. The van der Waals surface area contributed by atoms with Crippen molar-refractivity contribution in [3.05, 3.63) is 92.6 Å². The van der Waals surface area contributed by atoms with Crippen molar-refractivity contribution in [2.75, 3.05) is 11.7 Å². The molecule has 2 N–H and O–H groups in total. The predicted octanol–water partition coefficient (Wildman–Crippen LogP) is 2.93. The van der Waals surface area contributed by atoms with Crippen LogP contribution < -0.4 is 15.8 Å². The highest BCUT2D eigenvalue weighted by atomic mass is 32.2. The van der Waals surface area contributed by atoms with Crippen LogP contribution in [0.1, 0.15) is 50.5 Å². The molecule has 0 unspecified atom stereocenters. The minimum absolute atomic E-state index is 0.0476. The Hall–Kier alpha value is -3.59. The van der Waals surface area contributed by atoms with E-state index in [-0.39, 0.29) is 23.7 Å². The van der Waals surface area contributed by atoms with Gasteiger partial charge in [-0.15, -0.1) is 11.8 Å². The van der Waals surface area contributed by atoms with Crippen LogP contribution >= 0.6 is 11.8 Å². The molecule has 3 heterocycles. The first kappa shape index (κ1) is 20.3. The summed E-state index contributed by atoms with van der Waals surface area (Å²) in [4.78, 5) is 38.1. The van der Waals surface area contributed by atoms with Crippen molar-refractivity contribution in [3.63, 3.8) is 0 Å². The Bertz CT molecular complexity index is 1350. The highest BCUT2D eigenvalue weighted by molar-refractivity contribution is 7.98. The highest BCUT2D eigenvalue weighted by Gasteiger charge is 2.36. The van der Waals surface area contributed by atoms with Gasteiger partial charge in [0.25, 0.3) is 5.91 Å². The quantitative estimate of drug-likeness (QED) is 0.583. The third kappa shape index (κ3) is 3.08. The minimum atomic E-state index is -0.889. The molecule has 0 radical (unpaired) electrons. The van der Waals surface area contributed by atoms with E-state index in [4.69, 9.17) is 0 Å². The number of nitrogens with one attached hydrogen (secondary N) is 1. The van der Waals surface area contributed by atoms with Crippen LogP contribution in [-0.2, 0) is 5.75 Å². The number of thioether (sulfide) groups is 1. The molecule has 0 bridgehead atoms. The molecule has 0 saturated heterocycles. The summed E-state index contributed by atoms with van der Waals surface area (Å²) in [5.41, 5.74) is 1.19. The van der Waals surface area contributed by atoms with Crippen molar-refractivity contribution in [2.24, 2.45) is 0 Å². The van der Waals surface area contributed by atoms with Crippen LogP contribution in [0, 0.1) is 5.82 Å². The van der Waals surface area contributed by atoms with E-state index in [9.17, 15) is 23.9 Å². The van der Waals surface area contributed by atoms with Gasteiger partial charge in [-0.3, -0.25) is 24.1 Å². The Morgan fingerprint density at radius 1 is 1.19 bits per heavy atom. The lowest BCUT2D eigenvalue weighted by Crippen LogP contribution is -2.54. The number of benzene rings is 2. The second-order valence-corrected chi connectivity index (χ2v) is 8.66. The Morgan fingerprint density at radius 2 is 1.97 bits per heavy atom. The van der Waals surface area contributed by atoms with Gasteiger partial charge in [0, 0.05) is 16.8 Å². The number of nitrogens with zero attached hydrogens (tertiary/aromatic N) is 2. The van der Waals surface area contributed by atoms with Crippen LogP contribution in [0.2, 0.25) is 0 Å². The van der Waals surface area contributed by atoms with Crippen LogP contribution in [0.5, 0.6) is 5.75 Å². The fourth-order valence-electron chi connectivity index (χ4n) is 4.23. The van der Waals surface area contributed by atoms with E-state index in [1.54, 1.807) is 22.8 Å². The molecule has 1 amide bonds. The van der Waals surface area contributed by atoms with E-state index < -0.39 is 28.9 Å². The molecule has 2 aliphatic rings. The SMILES string of the molecule is CC(=O)c1cn2c(c(O)c1=O)C(=O)NCN2[C@H]1c2ccc(F)cc2CSc2ccccc21. The average molecular weight is 451 g/mol. The first-order chi connectivity index (χ1) is 15.4. The summed E-state index contributed by atoms with van der Waals surface area (Å²) in [7, 11) is 0. The summed E-state index contributed by atoms with van der Waals surface area (Å²) in [5.74, 6) is -1.72. The normalized spacial score (nSPS) is 17.0. The number of halogens is 1. The smallest absolute Gasteiger partial charge is 0.275 e. The van der Waals surface area contributed by atoms with Crippen LogP contribution in [0.25, 0.3) is 0 Å². The van der Waals surface area contributed by atoms with Crippen molar-refractivity contribution >= 4 is 23.5 Å². The number of fused-ring (bicyclic) bond motifs is 3. The third-order valence-corrected chi connectivity index (χ3v) is 6.87. The molecule has 1 aromatic heterocycles. The number of hydrogen-bond donors (Lipinski definition) is 2. The monoisotopic (exact) mass is 451 g/mol.